The second-order valence-electron chi connectivity index (χ2n) is 4.51. The highest BCUT2D eigenvalue weighted by Crippen LogP contribution is 2.29. The molecule has 0 radical (unpaired) electrons. The summed E-state index contributed by atoms with van der Waals surface area (Å²) in [6.45, 7) is 3.67. The fourth-order valence-electron chi connectivity index (χ4n) is 1.56. The Labute approximate surface area is 151 Å². The van der Waals surface area contributed by atoms with Gasteiger partial charge in [-0.3, -0.25) is 4.99 Å². The molecule has 5 nitrogen and oxygen atoms in total. The normalized spacial score (nSPS) is 11.6. The molecule has 0 atom stereocenters. The summed E-state index contributed by atoms with van der Waals surface area (Å²) in [7, 11) is 1.67. The molecule has 0 unspecified atom stereocenters. The molecule has 0 amide bonds. The average molecular weight is 446 g/mol. The van der Waals surface area contributed by atoms with E-state index in [0.29, 0.717) is 12.5 Å². The molecule has 1 rings (SSSR count). The molecule has 0 spiro atoms. The van der Waals surface area contributed by atoms with E-state index in [-0.39, 0.29) is 36.5 Å². The van der Waals surface area contributed by atoms with Crippen molar-refractivity contribution >= 4 is 29.9 Å². The highest BCUT2D eigenvalue weighted by molar-refractivity contribution is 14.0. The fourth-order valence-corrected chi connectivity index (χ4v) is 1.56. The number of nitrogens with one attached hydrogen (secondary N) is 2. The minimum Gasteiger partial charge on any atom is -0.476 e. The maximum absolute atomic E-state index is 12.4. The lowest BCUT2D eigenvalue weighted by molar-refractivity contribution is -0.137. The van der Waals surface area contributed by atoms with Crippen LogP contribution in [0.5, 0.6) is 5.88 Å². The van der Waals surface area contributed by atoms with Gasteiger partial charge in [-0.15, -0.1) is 24.0 Å². The number of rotatable bonds is 7. The number of halogens is 4. The number of nitrogens with zero attached hydrogens (tertiary/aromatic N) is 2. The first-order valence-electron chi connectivity index (χ1n) is 7.08. The van der Waals surface area contributed by atoms with Crippen LogP contribution in [0.15, 0.2) is 23.3 Å². The molecule has 0 aromatic carbocycles. The summed E-state index contributed by atoms with van der Waals surface area (Å²) in [5, 5.41) is 6.18. The fraction of sp³-hybridized carbons (Fsp3) is 0.571. The highest BCUT2D eigenvalue weighted by Gasteiger charge is 2.30. The van der Waals surface area contributed by atoms with Crippen molar-refractivity contribution in [2.45, 2.75) is 25.9 Å². The number of pyridine rings is 1. The van der Waals surface area contributed by atoms with Crippen molar-refractivity contribution in [2.24, 2.45) is 4.99 Å². The van der Waals surface area contributed by atoms with Gasteiger partial charge in [-0.25, -0.2) is 4.98 Å². The second-order valence-corrected chi connectivity index (χ2v) is 4.51. The van der Waals surface area contributed by atoms with Crippen molar-refractivity contribution in [3.63, 3.8) is 0 Å². The van der Waals surface area contributed by atoms with Crippen LogP contribution >= 0.6 is 24.0 Å². The summed E-state index contributed by atoms with van der Waals surface area (Å²) >= 11 is 0. The van der Waals surface area contributed by atoms with E-state index in [2.05, 4.69) is 27.5 Å². The number of aliphatic imine (C=N–C) groups is 1. The number of hydrogen-bond acceptors (Lipinski definition) is 3. The molecule has 132 valence electrons. The Morgan fingerprint density at radius 3 is 2.48 bits per heavy atom. The van der Waals surface area contributed by atoms with E-state index in [0.717, 1.165) is 31.6 Å². The van der Waals surface area contributed by atoms with E-state index in [1.54, 1.807) is 7.05 Å². The van der Waals surface area contributed by atoms with Crippen LogP contribution in [-0.4, -0.2) is 37.7 Å². The van der Waals surface area contributed by atoms with Gasteiger partial charge < -0.3 is 15.4 Å². The number of aromatic nitrogens is 1. The first-order chi connectivity index (χ1) is 10.5. The van der Waals surface area contributed by atoms with Crippen LogP contribution < -0.4 is 15.4 Å². The van der Waals surface area contributed by atoms with Crippen molar-refractivity contribution in [3.8, 4) is 5.88 Å². The van der Waals surface area contributed by atoms with Gasteiger partial charge in [0.05, 0.1) is 12.1 Å². The lowest BCUT2D eigenvalue weighted by Crippen LogP contribution is -2.39. The molecular weight excluding hydrogens is 424 g/mol. The van der Waals surface area contributed by atoms with Crippen molar-refractivity contribution in [3.05, 3.63) is 23.9 Å². The average Bonchev–Trinajstić information content (AvgIpc) is 2.49. The van der Waals surface area contributed by atoms with E-state index < -0.39 is 11.7 Å². The largest absolute Gasteiger partial charge is 0.476 e. The first-order valence-corrected chi connectivity index (χ1v) is 7.08. The summed E-state index contributed by atoms with van der Waals surface area (Å²) in [5.41, 5.74) is -0.793. The summed E-state index contributed by atoms with van der Waals surface area (Å²) in [4.78, 5) is 7.67. The van der Waals surface area contributed by atoms with Crippen LogP contribution in [-0.2, 0) is 6.18 Å². The molecule has 0 fully saturated rings. The molecule has 0 aliphatic rings. The number of hydrogen-bond donors (Lipinski definition) is 2. The highest BCUT2D eigenvalue weighted by atomic mass is 127. The van der Waals surface area contributed by atoms with Crippen molar-refractivity contribution in [1.29, 1.82) is 0 Å². The van der Waals surface area contributed by atoms with Crippen molar-refractivity contribution in [2.75, 3.05) is 26.7 Å². The van der Waals surface area contributed by atoms with Crippen LogP contribution in [0.1, 0.15) is 25.3 Å². The van der Waals surface area contributed by atoms with E-state index in [9.17, 15) is 13.2 Å². The van der Waals surface area contributed by atoms with Gasteiger partial charge >= 0.3 is 6.18 Å². The van der Waals surface area contributed by atoms with Gasteiger partial charge in [-0.1, -0.05) is 13.3 Å². The van der Waals surface area contributed by atoms with Crippen LogP contribution in [0.2, 0.25) is 0 Å². The third-order valence-corrected chi connectivity index (χ3v) is 2.75. The Hall–Kier alpha value is -1.26. The molecule has 9 heteroatoms. The van der Waals surface area contributed by atoms with E-state index in [4.69, 9.17) is 4.74 Å². The minimum absolute atomic E-state index is 0. The molecule has 0 bridgehead atoms. The molecule has 0 saturated heterocycles. The van der Waals surface area contributed by atoms with E-state index >= 15 is 0 Å². The molecule has 2 N–H and O–H groups in total. The Kier molecular flexibility index (Phi) is 10.7. The Balaban J connectivity index is 0.00000484. The lowest BCUT2D eigenvalue weighted by atomic mass is 10.3. The van der Waals surface area contributed by atoms with Crippen molar-refractivity contribution in [1.82, 2.24) is 15.6 Å². The minimum atomic E-state index is -4.39. The third kappa shape index (κ3) is 8.82. The van der Waals surface area contributed by atoms with Crippen LogP contribution in [0.25, 0.3) is 0 Å². The molecule has 23 heavy (non-hydrogen) atoms. The molecule has 0 aliphatic carbocycles. The van der Waals surface area contributed by atoms with Crippen LogP contribution in [0.3, 0.4) is 0 Å². The van der Waals surface area contributed by atoms with Gasteiger partial charge in [-0.2, -0.15) is 13.2 Å². The number of ether oxygens (including phenoxy) is 1. The number of alkyl halides is 3. The maximum atomic E-state index is 12.4. The zero-order valence-electron chi connectivity index (χ0n) is 13.1. The van der Waals surface area contributed by atoms with E-state index in [1.165, 1.54) is 6.07 Å². The zero-order valence-corrected chi connectivity index (χ0v) is 15.4. The molecule has 1 heterocycles. The monoisotopic (exact) mass is 446 g/mol. The Morgan fingerprint density at radius 2 is 1.96 bits per heavy atom. The predicted octanol–water partition coefficient (Wildman–Crippen LogP) is 3.06. The molecule has 1 aromatic rings. The Morgan fingerprint density at radius 1 is 1.26 bits per heavy atom. The maximum Gasteiger partial charge on any atom is 0.417 e. The summed E-state index contributed by atoms with van der Waals surface area (Å²) in [5.74, 6) is 0.821. The predicted molar refractivity (Wildman–Crippen MR) is 94.4 cm³/mol. The van der Waals surface area contributed by atoms with Crippen LogP contribution in [0.4, 0.5) is 13.2 Å². The number of guanidine groups is 1. The quantitative estimate of drug-likeness (QED) is 0.293. The van der Waals surface area contributed by atoms with Gasteiger partial charge in [0.2, 0.25) is 5.88 Å². The first kappa shape index (κ1) is 21.7. The van der Waals surface area contributed by atoms with Gasteiger partial charge in [0.15, 0.2) is 5.96 Å². The standard InChI is InChI=1S/C14H21F3N4O.HI/c1-3-4-7-19-13(18-2)20-8-9-22-12-6-5-11(10-21-12)14(15,16)17;/h5-6,10H,3-4,7-9H2,1-2H3,(H2,18,19,20);1H. The van der Waals surface area contributed by atoms with Gasteiger partial charge in [0.1, 0.15) is 6.61 Å². The lowest BCUT2D eigenvalue weighted by Gasteiger charge is -2.12. The van der Waals surface area contributed by atoms with Gasteiger partial charge in [-0.05, 0) is 12.5 Å². The molecule has 1 aromatic heterocycles. The number of unbranched alkanes of at least 4 members (excludes halogenated alkanes) is 1. The smallest absolute Gasteiger partial charge is 0.417 e. The van der Waals surface area contributed by atoms with Crippen LogP contribution in [0, 0.1) is 0 Å². The molecule has 0 aliphatic heterocycles. The summed E-state index contributed by atoms with van der Waals surface area (Å²) < 4.78 is 42.4. The Bertz CT molecular complexity index is 466. The van der Waals surface area contributed by atoms with Gasteiger partial charge in [0.25, 0.3) is 0 Å². The SMILES string of the molecule is CCCCNC(=NC)NCCOc1ccc(C(F)(F)F)cn1.I. The summed E-state index contributed by atoms with van der Waals surface area (Å²) in [6, 6.07) is 2.15. The zero-order chi connectivity index (χ0) is 16.4. The second kappa shape index (κ2) is 11.3. The summed E-state index contributed by atoms with van der Waals surface area (Å²) in [6.07, 6.45) is -1.49. The van der Waals surface area contributed by atoms with Gasteiger partial charge in [0, 0.05) is 25.9 Å². The van der Waals surface area contributed by atoms with Crippen molar-refractivity contribution < 1.29 is 17.9 Å². The topological polar surface area (TPSA) is 58.5 Å². The molecular formula is C14H22F3IN4O. The molecule has 0 saturated carbocycles. The third-order valence-electron chi connectivity index (χ3n) is 2.75. The van der Waals surface area contributed by atoms with E-state index in [1.807, 2.05) is 0 Å².